The molecule has 0 aromatic carbocycles. The van der Waals surface area contributed by atoms with E-state index in [2.05, 4.69) is 15.4 Å². The summed E-state index contributed by atoms with van der Waals surface area (Å²) in [5.41, 5.74) is 0.618. The zero-order valence-corrected chi connectivity index (χ0v) is 11.7. The van der Waals surface area contributed by atoms with Crippen molar-refractivity contribution in [1.29, 1.82) is 0 Å². The van der Waals surface area contributed by atoms with E-state index >= 15 is 0 Å². The maximum Gasteiger partial charge on any atom is 0.293 e. The minimum absolute atomic E-state index is 0.114. The molecule has 2 rings (SSSR count). The Bertz CT molecular complexity index is 620. The molecule has 0 aliphatic carbocycles. The predicted octanol–water partition coefficient (Wildman–Crippen LogP) is 1.34. The van der Waals surface area contributed by atoms with Gasteiger partial charge in [0, 0.05) is 31.2 Å². The number of anilines is 1. The lowest BCUT2D eigenvalue weighted by Gasteiger charge is -2.22. The third-order valence-electron chi connectivity index (χ3n) is 2.92. The van der Waals surface area contributed by atoms with Gasteiger partial charge in [-0.25, -0.2) is 4.98 Å². The first-order chi connectivity index (χ1) is 8.89. The van der Waals surface area contributed by atoms with Gasteiger partial charge in [0.15, 0.2) is 5.82 Å². The zero-order valence-electron chi connectivity index (χ0n) is 11.7. The number of nitrogens with zero attached hydrogens (tertiary/aromatic N) is 4. The Morgan fingerprint density at radius 2 is 2.05 bits per heavy atom. The molecule has 0 radical (unpaired) electrons. The Morgan fingerprint density at radius 1 is 1.32 bits per heavy atom. The molecule has 2 aromatic heterocycles. The fraction of sp³-hybridized carbons (Fsp3) is 0.462. The van der Waals surface area contributed by atoms with E-state index in [4.69, 9.17) is 0 Å². The summed E-state index contributed by atoms with van der Waals surface area (Å²) in [5.74, 6) is 0.360. The first-order valence-electron chi connectivity index (χ1n) is 6.18. The maximum atomic E-state index is 12.3. The molecule has 2 heterocycles. The van der Waals surface area contributed by atoms with Crippen LogP contribution in [0.5, 0.6) is 0 Å². The fourth-order valence-electron chi connectivity index (χ4n) is 1.81. The molecule has 19 heavy (non-hydrogen) atoms. The van der Waals surface area contributed by atoms with Crippen molar-refractivity contribution < 1.29 is 0 Å². The van der Waals surface area contributed by atoms with Crippen LogP contribution >= 0.6 is 0 Å². The lowest BCUT2D eigenvalue weighted by atomic mass is 10.1. The molecule has 2 aromatic rings. The summed E-state index contributed by atoms with van der Waals surface area (Å²) in [7, 11) is 1.86. The van der Waals surface area contributed by atoms with Crippen LogP contribution in [0.4, 0.5) is 5.82 Å². The predicted molar refractivity (Wildman–Crippen MR) is 74.0 cm³/mol. The number of rotatable bonds is 3. The molecule has 6 nitrogen and oxygen atoms in total. The molecule has 0 atom stereocenters. The SMILES string of the molecule is Cn1nccc1CNc1nccn(C(C)(C)C)c1=O. The topological polar surface area (TPSA) is 64.7 Å². The molecule has 6 heteroatoms. The van der Waals surface area contributed by atoms with Gasteiger partial charge in [-0.3, -0.25) is 9.48 Å². The number of nitrogens with one attached hydrogen (secondary N) is 1. The second-order valence-electron chi connectivity index (χ2n) is 5.42. The van der Waals surface area contributed by atoms with Crippen molar-refractivity contribution in [2.45, 2.75) is 32.9 Å². The van der Waals surface area contributed by atoms with E-state index in [1.165, 1.54) is 0 Å². The molecule has 0 unspecified atom stereocenters. The third kappa shape index (κ3) is 2.83. The van der Waals surface area contributed by atoms with E-state index in [0.29, 0.717) is 12.4 Å². The molecule has 0 bridgehead atoms. The molecule has 0 aliphatic heterocycles. The molecular weight excluding hydrogens is 242 g/mol. The molecule has 0 spiro atoms. The molecule has 0 saturated heterocycles. The van der Waals surface area contributed by atoms with Crippen molar-refractivity contribution in [3.05, 3.63) is 40.7 Å². The molecule has 0 amide bonds. The van der Waals surface area contributed by atoms with E-state index in [0.717, 1.165) is 5.69 Å². The maximum absolute atomic E-state index is 12.3. The largest absolute Gasteiger partial charge is 0.360 e. The number of aromatic nitrogens is 4. The fourth-order valence-corrected chi connectivity index (χ4v) is 1.81. The minimum Gasteiger partial charge on any atom is -0.360 e. The Morgan fingerprint density at radius 3 is 2.63 bits per heavy atom. The summed E-state index contributed by atoms with van der Waals surface area (Å²) in [6.07, 6.45) is 5.07. The Hall–Kier alpha value is -2.11. The third-order valence-corrected chi connectivity index (χ3v) is 2.92. The van der Waals surface area contributed by atoms with Crippen LogP contribution in [0.15, 0.2) is 29.5 Å². The number of hydrogen-bond acceptors (Lipinski definition) is 4. The molecule has 102 valence electrons. The second kappa shape index (κ2) is 4.87. The highest BCUT2D eigenvalue weighted by Gasteiger charge is 2.16. The molecule has 1 N–H and O–H groups in total. The van der Waals surface area contributed by atoms with E-state index in [9.17, 15) is 4.79 Å². The van der Waals surface area contributed by atoms with Gasteiger partial charge in [-0.15, -0.1) is 0 Å². The Balaban J connectivity index is 2.23. The van der Waals surface area contributed by atoms with Crippen LogP contribution in [0.2, 0.25) is 0 Å². The summed E-state index contributed by atoms with van der Waals surface area (Å²) < 4.78 is 3.43. The Labute approximate surface area is 112 Å². The molecule has 0 aliphatic rings. The normalized spacial score (nSPS) is 11.6. The van der Waals surface area contributed by atoms with Crippen LogP contribution in [0, 0.1) is 0 Å². The lowest BCUT2D eigenvalue weighted by molar-refractivity contribution is 0.383. The van der Waals surface area contributed by atoms with Gasteiger partial charge in [0.1, 0.15) is 0 Å². The first kappa shape index (κ1) is 13.3. The number of hydrogen-bond donors (Lipinski definition) is 1. The van der Waals surface area contributed by atoms with Gasteiger partial charge in [-0.2, -0.15) is 5.10 Å². The van der Waals surface area contributed by atoms with Gasteiger partial charge in [0.25, 0.3) is 5.56 Å². The van der Waals surface area contributed by atoms with Gasteiger partial charge < -0.3 is 9.88 Å². The van der Waals surface area contributed by atoms with Gasteiger partial charge in [-0.1, -0.05) is 0 Å². The average Bonchev–Trinajstić information content (AvgIpc) is 2.72. The van der Waals surface area contributed by atoms with Crippen LogP contribution in [0.1, 0.15) is 26.5 Å². The van der Waals surface area contributed by atoms with Crippen molar-refractivity contribution >= 4 is 5.82 Å². The second-order valence-corrected chi connectivity index (χ2v) is 5.42. The summed E-state index contributed by atoms with van der Waals surface area (Å²) in [5, 5.41) is 7.14. The van der Waals surface area contributed by atoms with Gasteiger partial charge in [0.05, 0.1) is 12.2 Å². The van der Waals surface area contributed by atoms with Crippen molar-refractivity contribution in [1.82, 2.24) is 19.3 Å². The quantitative estimate of drug-likeness (QED) is 0.905. The smallest absolute Gasteiger partial charge is 0.293 e. The van der Waals surface area contributed by atoms with E-state index in [1.54, 1.807) is 27.8 Å². The van der Waals surface area contributed by atoms with Crippen molar-refractivity contribution in [3.8, 4) is 0 Å². The molecular formula is C13H19N5O. The van der Waals surface area contributed by atoms with Crippen LogP contribution in [-0.4, -0.2) is 19.3 Å². The average molecular weight is 261 g/mol. The summed E-state index contributed by atoms with van der Waals surface area (Å²) in [6, 6.07) is 1.90. The van der Waals surface area contributed by atoms with E-state index in [1.807, 2.05) is 33.9 Å². The van der Waals surface area contributed by atoms with Gasteiger partial charge in [-0.05, 0) is 26.8 Å². The van der Waals surface area contributed by atoms with E-state index < -0.39 is 0 Å². The monoisotopic (exact) mass is 261 g/mol. The molecule has 0 fully saturated rings. The summed E-state index contributed by atoms with van der Waals surface area (Å²) in [6.45, 7) is 6.48. The minimum atomic E-state index is -0.261. The van der Waals surface area contributed by atoms with Crippen LogP contribution < -0.4 is 10.9 Å². The summed E-state index contributed by atoms with van der Waals surface area (Å²) >= 11 is 0. The number of aryl methyl sites for hydroxylation is 1. The highest BCUT2D eigenvalue weighted by molar-refractivity contribution is 5.32. The van der Waals surface area contributed by atoms with Crippen molar-refractivity contribution in [2.24, 2.45) is 7.05 Å². The standard InChI is InChI=1S/C13H19N5O/c1-13(2,3)18-8-7-14-11(12(18)19)15-9-10-5-6-16-17(10)4/h5-8H,9H2,1-4H3,(H,14,15). The van der Waals surface area contributed by atoms with Crippen LogP contribution in [-0.2, 0) is 19.1 Å². The summed E-state index contributed by atoms with van der Waals surface area (Å²) in [4.78, 5) is 16.4. The lowest BCUT2D eigenvalue weighted by Crippen LogP contribution is -2.35. The zero-order chi connectivity index (χ0) is 14.0. The van der Waals surface area contributed by atoms with Gasteiger partial charge in [0.2, 0.25) is 0 Å². The van der Waals surface area contributed by atoms with Crippen LogP contribution in [0.3, 0.4) is 0 Å². The van der Waals surface area contributed by atoms with Crippen molar-refractivity contribution in [3.63, 3.8) is 0 Å². The van der Waals surface area contributed by atoms with E-state index in [-0.39, 0.29) is 11.1 Å². The van der Waals surface area contributed by atoms with Gasteiger partial charge >= 0.3 is 0 Å². The molecule has 0 saturated carbocycles. The highest BCUT2D eigenvalue weighted by Crippen LogP contribution is 2.11. The highest BCUT2D eigenvalue weighted by atomic mass is 16.1. The first-order valence-corrected chi connectivity index (χ1v) is 6.18. The van der Waals surface area contributed by atoms with Crippen molar-refractivity contribution in [2.75, 3.05) is 5.32 Å². The van der Waals surface area contributed by atoms with Crippen LogP contribution in [0.25, 0.3) is 0 Å². The Kier molecular flexibility index (Phi) is 3.42.